The lowest BCUT2D eigenvalue weighted by atomic mass is 10.6. The molecular weight excluding hydrogens is 395 g/mol. The van der Waals surface area contributed by atoms with Crippen LogP contribution in [0.25, 0.3) is 0 Å². The first-order valence-corrected chi connectivity index (χ1v) is 10.3. The first-order valence-electron chi connectivity index (χ1n) is 4.36. The molecule has 0 spiro atoms. The number of rotatable bonds is 4. The second-order valence-corrected chi connectivity index (χ2v) is 9.39. The fourth-order valence-electron chi connectivity index (χ4n) is 0.925. The zero-order chi connectivity index (χ0) is 10.5. The van der Waals surface area contributed by atoms with Crippen molar-refractivity contribution in [1.29, 1.82) is 0 Å². The quantitative estimate of drug-likeness (QED) is 0.324. The third kappa shape index (κ3) is 4.13. The first-order chi connectivity index (χ1) is 7.40. The standard InChI is InChI=1S/C9H9IS5/c10-2-1-3-11-7-6-14-9(15-7)8-12-4-5-13-8/h4-6H,1-3H2. The Morgan fingerprint density at radius 2 is 1.93 bits per heavy atom. The van der Waals surface area contributed by atoms with Gasteiger partial charge < -0.3 is 0 Å². The van der Waals surface area contributed by atoms with Crippen molar-refractivity contribution >= 4 is 81.4 Å². The average molecular weight is 404 g/mol. The molecule has 82 valence electrons. The number of alkyl halides is 1. The Hall–Kier alpha value is 1.70. The summed E-state index contributed by atoms with van der Waals surface area (Å²) in [6.45, 7) is 0. The van der Waals surface area contributed by atoms with Crippen molar-refractivity contribution in [3.63, 3.8) is 0 Å². The maximum Gasteiger partial charge on any atom is 0.0705 e. The van der Waals surface area contributed by atoms with Gasteiger partial charge in [-0.15, -0.1) is 11.8 Å². The van der Waals surface area contributed by atoms with Crippen LogP contribution >= 0.6 is 81.4 Å². The largest absolute Gasteiger partial charge is 0.118 e. The molecule has 0 nitrogen and oxygen atoms in total. The minimum absolute atomic E-state index is 1.25. The molecule has 2 aliphatic heterocycles. The molecule has 0 fully saturated rings. The van der Waals surface area contributed by atoms with E-state index in [1.165, 1.54) is 29.3 Å². The van der Waals surface area contributed by atoms with Crippen molar-refractivity contribution < 1.29 is 0 Å². The van der Waals surface area contributed by atoms with Gasteiger partial charge in [-0.05, 0) is 28.4 Å². The lowest BCUT2D eigenvalue weighted by Crippen LogP contribution is -1.78. The van der Waals surface area contributed by atoms with Crippen molar-refractivity contribution in [2.24, 2.45) is 0 Å². The molecule has 0 saturated heterocycles. The Morgan fingerprint density at radius 3 is 2.67 bits per heavy atom. The molecule has 0 aromatic carbocycles. The molecule has 0 atom stereocenters. The Morgan fingerprint density at radius 1 is 1.13 bits per heavy atom. The van der Waals surface area contributed by atoms with E-state index in [0.717, 1.165) is 0 Å². The lowest BCUT2D eigenvalue weighted by molar-refractivity contribution is 1.15. The van der Waals surface area contributed by atoms with E-state index in [-0.39, 0.29) is 0 Å². The smallest absolute Gasteiger partial charge is 0.0705 e. The highest BCUT2D eigenvalue weighted by Crippen LogP contribution is 2.55. The van der Waals surface area contributed by atoms with Crippen molar-refractivity contribution in [2.75, 3.05) is 10.2 Å². The third-order valence-electron chi connectivity index (χ3n) is 1.55. The number of hydrogen-bond acceptors (Lipinski definition) is 5. The van der Waals surface area contributed by atoms with E-state index in [2.05, 4.69) is 38.8 Å². The predicted molar refractivity (Wildman–Crippen MR) is 90.6 cm³/mol. The van der Waals surface area contributed by atoms with Crippen LogP contribution in [0, 0.1) is 0 Å². The van der Waals surface area contributed by atoms with Crippen LogP contribution in [0.2, 0.25) is 0 Å². The van der Waals surface area contributed by atoms with Crippen LogP contribution in [0.3, 0.4) is 0 Å². The Bertz CT molecular complexity index is 310. The molecule has 0 unspecified atom stereocenters. The molecule has 0 radical (unpaired) electrons. The monoisotopic (exact) mass is 404 g/mol. The number of halogens is 1. The highest BCUT2D eigenvalue weighted by Gasteiger charge is 2.18. The van der Waals surface area contributed by atoms with E-state index >= 15 is 0 Å². The highest BCUT2D eigenvalue weighted by molar-refractivity contribution is 14.1. The summed E-state index contributed by atoms with van der Waals surface area (Å²) >= 11 is 12.0. The van der Waals surface area contributed by atoms with Crippen LogP contribution in [0.1, 0.15) is 6.42 Å². The molecule has 0 amide bonds. The third-order valence-corrected chi connectivity index (χ3v) is 8.78. The van der Waals surface area contributed by atoms with Crippen molar-refractivity contribution in [1.82, 2.24) is 0 Å². The van der Waals surface area contributed by atoms with Crippen molar-refractivity contribution in [3.05, 3.63) is 28.9 Å². The second kappa shape index (κ2) is 7.20. The SMILES string of the molecule is ICCCSC1=CSC(=C2SC=CS2)S1. The topological polar surface area (TPSA) is 0 Å². The minimum atomic E-state index is 1.25. The zero-order valence-electron chi connectivity index (χ0n) is 7.77. The summed E-state index contributed by atoms with van der Waals surface area (Å²) in [5.41, 5.74) is 0. The summed E-state index contributed by atoms with van der Waals surface area (Å²) in [5.74, 6) is 1.25. The van der Waals surface area contributed by atoms with Crippen LogP contribution < -0.4 is 0 Å². The molecule has 2 rings (SSSR count). The summed E-state index contributed by atoms with van der Waals surface area (Å²) in [4.78, 5) is 0. The summed E-state index contributed by atoms with van der Waals surface area (Å²) in [7, 11) is 0. The first kappa shape index (κ1) is 13.1. The molecule has 0 aromatic rings. The Balaban J connectivity index is 1.80. The van der Waals surface area contributed by atoms with Crippen molar-refractivity contribution in [2.45, 2.75) is 6.42 Å². The van der Waals surface area contributed by atoms with Crippen LogP contribution in [-0.2, 0) is 0 Å². The fraction of sp³-hybridized carbons (Fsp3) is 0.333. The van der Waals surface area contributed by atoms with Gasteiger partial charge in [-0.25, -0.2) is 0 Å². The van der Waals surface area contributed by atoms with Gasteiger partial charge in [0.05, 0.1) is 12.7 Å². The van der Waals surface area contributed by atoms with Crippen molar-refractivity contribution in [3.8, 4) is 0 Å². The number of thioether (sulfide) groups is 5. The van der Waals surface area contributed by atoms with Gasteiger partial charge in [0, 0.05) is 4.43 Å². The van der Waals surface area contributed by atoms with E-state index in [4.69, 9.17) is 0 Å². The van der Waals surface area contributed by atoms with E-state index in [9.17, 15) is 0 Å². The molecule has 2 aliphatic rings. The van der Waals surface area contributed by atoms with Gasteiger partial charge >= 0.3 is 0 Å². The van der Waals surface area contributed by atoms with Crippen LogP contribution in [0.5, 0.6) is 0 Å². The maximum absolute atomic E-state index is 2.44. The predicted octanol–water partition coefficient (Wildman–Crippen LogP) is 5.90. The molecular formula is C9H9IS5. The highest BCUT2D eigenvalue weighted by atomic mass is 127. The molecule has 0 bridgehead atoms. The minimum Gasteiger partial charge on any atom is -0.118 e. The molecule has 6 heteroatoms. The molecule has 0 saturated carbocycles. The normalized spacial score (nSPS) is 20.2. The Kier molecular flexibility index (Phi) is 6.31. The average Bonchev–Trinajstić information content (AvgIpc) is 2.87. The van der Waals surface area contributed by atoms with E-state index in [1.54, 1.807) is 0 Å². The van der Waals surface area contributed by atoms with E-state index in [0.29, 0.717) is 0 Å². The van der Waals surface area contributed by atoms with Gasteiger partial charge in [-0.3, -0.25) is 0 Å². The molecule has 0 aliphatic carbocycles. The Labute approximate surface area is 125 Å². The summed E-state index contributed by atoms with van der Waals surface area (Å²) in [6, 6.07) is 0. The van der Waals surface area contributed by atoms with Gasteiger partial charge in [0.15, 0.2) is 0 Å². The molecule has 0 aromatic heterocycles. The second-order valence-electron chi connectivity index (χ2n) is 2.63. The summed E-state index contributed by atoms with van der Waals surface area (Å²) in [6.07, 6.45) is 1.31. The van der Waals surface area contributed by atoms with Crippen LogP contribution in [0.15, 0.2) is 28.9 Å². The van der Waals surface area contributed by atoms with Gasteiger partial charge in [-0.1, -0.05) is 69.6 Å². The van der Waals surface area contributed by atoms with Gasteiger partial charge in [-0.2, -0.15) is 0 Å². The van der Waals surface area contributed by atoms with Gasteiger partial charge in [0.25, 0.3) is 0 Å². The van der Waals surface area contributed by atoms with Crippen LogP contribution in [-0.4, -0.2) is 10.2 Å². The maximum atomic E-state index is 2.44. The van der Waals surface area contributed by atoms with E-state index < -0.39 is 0 Å². The molecule has 0 N–H and O–H groups in total. The number of hydrogen-bond donors (Lipinski definition) is 0. The lowest BCUT2D eigenvalue weighted by Gasteiger charge is -2.01. The van der Waals surface area contributed by atoms with Gasteiger partial charge in [0.2, 0.25) is 0 Å². The van der Waals surface area contributed by atoms with Crippen LogP contribution in [0.4, 0.5) is 0 Å². The zero-order valence-corrected chi connectivity index (χ0v) is 14.0. The fourth-order valence-corrected chi connectivity index (χ4v) is 7.69. The van der Waals surface area contributed by atoms with E-state index in [1.807, 2.05) is 58.8 Å². The summed E-state index contributed by atoms with van der Waals surface area (Å²) < 4.78 is 5.65. The molecule has 2 heterocycles. The summed E-state index contributed by atoms with van der Waals surface area (Å²) in [5, 5.41) is 6.62. The molecule has 15 heavy (non-hydrogen) atoms. The van der Waals surface area contributed by atoms with Gasteiger partial charge in [0.1, 0.15) is 0 Å².